The average molecular weight is 701 g/mol. The Hall–Kier alpha value is -1.46. The third kappa shape index (κ3) is 21.6. The van der Waals surface area contributed by atoms with Crippen molar-refractivity contribution >= 4 is 21.6 Å². The van der Waals surface area contributed by atoms with E-state index in [0.717, 1.165) is 47.5 Å². The van der Waals surface area contributed by atoms with Crippen LogP contribution in [-0.4, -0.2) is 19.3 Å². The van der Waals surface area contributed by atoms with Crippen LogP contribution in [0.4, 0.5) is 0 Å². The van der Waals surface area contributed by atoms with Gasteiger partial charge in [-0.2, -0.15) is 0 Å². The highest BCUT2D eigenvalue weighted by Gasteiger charge is 2.17. The first kappa shape index (κ1) is 42.7. The van der Waals surface area contributed by atoms with Gasteiger partial charge in [0, 0.05) is 9.79 Å². The van der Waals surface area contributed by atoms with Gasteiger partial charge in [0.1, 0.15) is 5.75 Å². The number of benzene rings is 2. The normalized spacial score (nSPS) is 11.8. The maximum absolute atomic E-state index is 13.5. The Morgan fingerprint density at radius 3 is 1.31 bits per heavy atom. The van der Waals surface area contributed by atoms with Gasteiger partial charge in [-0.3, -0.25) is 0 Å². The summed E-state index contributed by atoms with van der Waals surface area (Å²) in [5.74, 6) is 0.474. The summed E-state index contributed by atoms with van der Waals surface area (Å²) in [6, 6.07) is 13.1. The lowest BCUT2D eigenvalue weighted by molar-refractivity contribution is 0.475. The molecule has 0 atom stereocenters. The van der Waals surface area contributed by atoms with Crippen molar-refractivity contribution in [2.45, 2.75) is 208 Å². The van der Waals surface area contributed by atoms with E-state index in [0.29, 0.717) is 4.90 Å². The zero-order chi connectivity index (χ0) is 34.5. The summed E-state index contributed by atoms with van der Waals surface area (Å²) in [6.45, 7) is 4.54. The van der Waals surface area contributed by atoms with E-state index in [1.807, 2.05) is 24.3 Å². The molecule has 48 heavy (non-hydrogen) atoms. The van der Waals surface area contributed by atoms with Gasteiger partial charge in [0.2, 0.25) is 0 Å². The van der Waals surface area contributed by atoms with Gasteiger partial charge in [0.25, 0.3) is 0 Å². The largest absolute Gasteiger partial charge is 0.508 e. The molecule has 0 aliphatic carbocycles. The Labute approximate surface area is 301 Å². The molecule has 0 heterocycles. The molecule has 0 spiro atoms. The second-order valence-corrected chi connectivity index (χ2v) is 17.6. The Morgan fingerprint density at radius 1 is 0.479 bits per heavy atom. The number of hydrogen-bond donors (Lipinski definition) is 1. The number of unbranched alkanes of at least 4 members (excludes halogenated alkanes) is 25. The number of aryl methyl sites for hydroxylation is 1. The SMILES string of the molecule is CCCCCCCCCCCCCCCCCCc1cc(Sc2ccc(O)cc2)cc(S(=O)(=O)CCCCCCCCCCCCC)c1. The molecule has 3 nitrogen and oxygen atoms in total. The third-order valence-electron chi connectivity index (χ3n) is 9.71. The highest BCUT2D eigenvalue weighted by molar-refractivity contribution is 7.99. The number of hydrogen-bond acceptors (Lipinski definition) is 4. The van der Waals surface area contributed by atoms with Crippen molar-refractivity contribution in [2.24, 2.45) is 0 Å². The average Bonchev–Trinajstić information content (AvgIpc) is 3.08. The van der Waals surface area contributed by atoms with Crippen molar-refractivity contribution in [3.8, 4) is 5.75 Å². The molecule has 0 aliphatic rings. The lowest BCUT2D eigenvalue weighted by atomic mass is 10.0. The van der Waals surface area contributed by atoms with Crippen LogP contribution in [0.15, 0.2) is 57.2 Å². The molecule has 0 unspecified atom stereocenters. The van der Waals surface area contributed by atoms with E-state index in [2.05, 4.69) is 19.9 Å². The highest BCUT2D eigenvalue weighted by Crippen LogP contribution is 2.32. The molecule has 0 aliphatic heterocycles. The van der Waals surface area contributed by atoms with Gasteiger partial charge in [-0.15, -0.1) is 0 Å². The van der Waals surface area contributed by atoms with Crippen LogP contribution in [0.3, 0.4) is 0 Å². The van der Waals surface area contributed by atoms with Crippen LogP contribution in [0.2, 0.25) is 0 Å². The Kier molecular flexibility index (Phi) is 25.1. The van der Waals surface area contributed by atoms with E-state index in [1.165, 1.54) is 148 Å². The maximum Gasteiger partial charge on any atom is 0.178 e. The second-order valence-electron chi connectivity index (χ2n) is 14.3. The predicted octanol–water partition coefficient (Wildman–Crippen LogP) is 14.4. The van der Waals surface area contributed by atoms with Gasteiger partial charge in [0.15, 0.2) is 9.84 Å². The first-order valence-corrected chi connectivity index (χ1v) is 22.7. The summed E-state index contributed by atoms with van der Waals surface area (Å²) in [5, 5.41) is 9.70. The van der Waals surface area contributed by atoms with Crippen LogP contribution in [-0.2, 0) is 16.3 Å². The number of aromatic hydroxyl groups is 1. The van der Waals surface area contributed by atoms with Crippen LogP contribution >= 0.6 is 11.8 Å². The van der Waals surface area contributed by atoms with E-state index in [4.69, 9.17) is 0 Å². The van der Waals surface area contributed by atoms with Crippen molar-refractivity contribution in [3.05, 3.63) is 48.0 Å². The van der Waals surface area contributed by atoms with E-state index < -0.39 is 9.84 Å². The van der Waals surface area contributed by atoms with E-state index in [-0.39, 0.29) is 11.5 Å². The van der Waals surface area contributed by atoms with Gasteiger partial charge in [-0.25, -0.2) is 8.42 Å². The number of sulfone groups is 1. The number of phenolic OH excluding ortho intramolecular Hbond substituents is 1. The molecule has 0 saturated heterocycles. The Morgan fingerprint density at radius 2 is 0.875 bits per heavy atom. The molecule has 1 N–H and O–H groups in total. The summed E-state index contributed by atoms with van der Waals surface area (Å²) in [4.78, 5) is 2.44. The molecule has 0 amide bonds. The van der Waals surface area contributed by atoms with Crippen LogP contribution in [0.1, 0.15) is 193 Å². The second kappa shape index (κ2) is 28.3. The maximum atomic E-state index is 13.5. The fourth-order valence-electron chi connectivity index (χ4n) is 6.62. The fourth-order valence-corrected chi connectivity index (χ4v) is 9.09. The minimum atomic E-state index is -3.33. The molecular formula is C43H72O3S2. The summed E-state index contributed by atoms with van der Waals surface area (Å²) < 4.78 is 27.0. The Bertz CT molecular complexity index is 1140. The zero-order valence-electron chi connectivity index (χ0n) is 31.1. The highest BCUT2D eigenvalue weighted by atomic mass is 32.2. The van der Waals surface area contributed by atoms with Crippen molar-refractivity contribution in [2.75, 3.05) is 5.75 Å². The smallest absolute Gasteiger partial charge is 0.178 e. The fraction of sp³-hybridized carbons (Fsp3) is 0.721. The van der Waals surface area contributed by atoms with Gasteiger partial charge >= 0.3 is 0 Å². The summed E-state index contributed by atoms with van der Waals surface area (Å²) in [7, 11) is -3.33. The molecule has 0 bridgehead atoms. The molecule has 0 radical (unpaired) electrons. The molecule has 5 heteroatoms. The van der Waals surface area contributed by atoms with Crippen LogP contribution in [0.5, 0.6) is 5.75 Å². The van der Waals surface area contributed by atoms with Crippen LogP contribution in [0, 0.1) is 0 Å². The first-order valence-electron chi connectivity index (χ1n) is 20.3. The number of rotatable bonds is 32. The van der Waals surface area contributed by atoms with Gasteiger partial charge in [-0.1, -0.05) is 186 Å². The lowest BCUT2D eigenvalue weighted by Gasteiger charge is -2.11. The minimum absolute atomic E-state index is 0.232. The minimum Gasteiger partial charge on any atom is -0.508 e. The molecule has 2 rings (SSSR count). The zero-order valence-corrected chi connectivity index (χ0v) is 32.8. The predicted molar refractivity (Wildman–Crippen MR) is 210 cm³/mol. The molecule has 0 saturated carbocycles. The standard InChI is InChI=1S/C43H72O3S2/c1-3-5-7-9-11-13-15-16-17-18-19-20-22-24-26-28-30-39-36-42(47-41-33-31-40(44)32-34-41)38-43(37-39)48(45,46)35-29-27-25-23-21-14-12-10-8-6-4-2/h31-34,36-38,44H,3-30,35H2,1-2H3. The first-order chi connectivity index (χ1) is 23.4. The summed E-state index contributed by atoms with van der Waals surface area (Å²) >= 11 is 1.58. The monoisotopic (exact) mass is 700 g/mol. The van der Waals surface area contributed by atoms with Crippen molar-refractivity contribution < 1.29 is 13.5 Å². The van der Waals surface area contributed by atoms with Crippen molar-refractivity contribution in [1.29, 1.82) is 0 Å². The third-order valence-corrected chi connectivity index (χ3v) is 12.5. The summed E-state index contributed by atoms with van der Waals surface area (Å²) in [5.41, 5.74) is 1.13. The van der Waals surface area contributed by atoms with Crippen LogP contribution in [0.25, 0.3) is 0 Å². The van der Waals surface area contributed by atoms with E-state index >= 15 is 0 Å². The van der Waals surface area contributed by atoms with Gasteiger partial charge in [0.05, 0.1) is 10.6 Å². The van der Waals surface area contributed by atoms with Gasteiger partial charge in [-0.05, 0) is 67.3 Å². The van der Waals surface area contributed by atoms with Crippen LogP contribution < -0.4 is 0 Å². The molecule has 2 aromatic carbocycles. The van der Waals surface area contributed by atoms with E-state index in [9.17, 15) is 13.5 Å². The molecular weight excluding hydrogens is 629 g/mol. The molecule has 274 valence electrons. The topological polar surface area (TPSA) is 54.4 Å². The summed E-state index contributed by atoms with van der Waals surface area (Å²) in [6.07, 6.45) is 36.0. The van der Waals surface area contributed by atoms with Gasteiger partial charge < -0.3 is 5.11 Å². The van der Waals surface area contributed by atoms with Crippen molar-refractivity contribution in [3.63, 3.8) is 0 Å². The number of phenols is 1. The van der Waals surface area contributed by atoms with Crippen molar-refractivity contribution in [1.82, 2.24) is 0 Å². The van der Waals surface area contributed by atoms with E-state index in [1.54, 1.807) is 23.9 Å². The molecule has 2 aromatic rings. The quantitative estimate of drug-likeness (QED) is 0.0772. The Balaban J connectivity index is 1.73. The molecule has 0 aromatic heterocycles. The lowest BCUT2D eigenvalue weighted by Crippen LogP contribution is -2.08. The molecule has 0 fully saturated rings.